The second kappa shape index (κ2) is 12.0. The fraction of sp³-hybridized carbons (Fsp3) is 0.440. The second-order valence-electron chi connectivity index (χ2n) is 8.47. The maximum absolute atomic E-state index is 12.2. The minimum absolute atomic E-state index is 0.104. The topological polar surface area (TPSA) is 76.7 Å². The zero-order valence-electron chi connectivity index (χ0n) is 19.0. The molecule has 2 aromatic rings. The van der Waals surface area contributed by atoms with Gasteiger partial charge in [0, 0.05) is 5.56 Å². The van der Waals surface area contributed by atoms with Crippen LogP contribution in [-0.4, -0.2) is 25.0 Å². The summed E-state index contributed by atoms with van der Waals surface area (Å²) in [5.74, 6) is 0.534. The first-order valence-corrected chi connectivity index (χ1v) is 10.9. The molecule has 2 N–H and O–H groups in total. The van der Waals surface area contributed by atoms with Gasteiger partial charge in [0.1, 0.15) is 11.5 Å². The molecule has 0 saturated heterocycles. The molecule has 0 atom stereocenters. The number of hydrogen-bond donors (Lipinski definition) is 2. The first-order chi connectivity index (χ1) is 14.8. The Morgan fingerprint density at radius 1 is 0.871 bits per heavy atom. The fourth-order valence-electron chi connectivity index (χ4n) is 3.01. The van der Waals surface area contributed by atoms with E-state index in [1.165, 1.54) is 12.8 Å². The Labute approximate surface area is 185 Å². The van der Waals surface area contributed by atoms with Crippen LogP contribution in [0.3, 0.4) is 0 Å². The van der Waals surface area contributed by atoms with Gasteiger partial charge in [-0.15, -0.1) is 0 Å². The van der Waals surface area contributed by atoms with Gasteiger partial charge in [0.15, 0.2) is 6.61 Å². The molecule has 0 unspecified atom stereocenters. The highest BCUT2D eigenvalue weighted by Crippen LogP contribution is 2.30. The molecule has 0 aliphatic rings. The van der Waals surface area contributed by atoms with Crippen molar-refractivity contribution in [3.63, 3.8) is 0 Å². The Hall–Kier alpha value is -3.02. The van der Waals surface area contributed by atoms with Crippen molar-refractivity contribution in [1.82, 2.24) is 10.9 Å². The summed E-state index contributed by atoms with van der Waals surface area (Å²) >= 11 is 0. The van der Waals surface area contributed by atoms with Crippen molar-refractivity contribution in [2.75, 3.05) is 13.2 Å². The van der Waals surface area contributed by atoms with E-state index in [4.69, 9.17) is 9.47 Å². The summed E-state index contributed by atoms with van der Waals surface area (Å²) in [5.41, 5.74) is 6.13. The van der Waals surface area contributed by atoms with Crippen LogP contribution in [0.2, 0.25) is 0 Å². The summed E-state index contributed by atoms with van der Waals surface area (Å²) < 4.78 is 11.3. The highest BCUT2D eigenvalue weighted by atomic mass is 16.5. The summed E-state index contributed by atoms with van der Waals surface area (Å²) in [5, 5.41) is 0. The highest BCUT2D eigenvalue weighted by Gasteiger charge is 2.19. The van der Waals surface area contributed by atoms with Crippen molar-refractivity contribution in [3.05, 3.63) is 59.7 Å². The van der Waals surface area contributed by atoms with Gasteiger partial charge >= 0.3 is 0 Å². The van der Waals surface area contributed by atoms with Gasteiger partial charge in [-0.1, -0.05) is 65.2 Å². The van der Waals surface area contributed by atoms with Crippen LogP contribution < -0.4 is 20.3 Å². The third-order valence-corrected chi connectivity index (χ3v) is 4.75. The van der Waals surface area contributed by atoms with E-state index < -0.39 is 11.8 Å². The molecule has 0 aliphatic heterocycles. The molecule has 168 valence electrons. The quantitative estimate of drug-likeness (QED) is 0.423. The Kier molecular flexibility index (Phi) is 9.38. The molecule has 0 aliphatic carbocycles. The molecular formula is C25H34N2O4. The predicted octanol–water partition coefficient (Wildman–Crippen LogP) is 4.78. The van der Waals surface area contributed by atoms with Crippen LogP contribution in [0.5, 0.6) is 11.5 Å². The number of hydrogen-bond acceptors (Lipinski definition) is 4. The molecule has 31 heavy (non-hydrogen) atoms. The van der Waals surface area contributed by atoms with E-state index in [2.05, 4.69) is 38.5 Å². The average molecular weight is 427 g/mol. The zero-order chi connectivity index (χ0) is 22.7. The number of carbonyl (C=O) groups excluding carboxylic acids is 2. The molecule has 0 saturated carbocycles. The number of unbranched alkanes of at least 4 members (excludes halogenated alkanes) is 3. The van der Waals surface area contributed by atoms with E-state index in [1.807, 2.05) is 24.3 Å². The molecule has 0 bridgehead atoms. The highest BCUT2D eigenvalue weighted by molar-refractivity contribution is 5.95. The van der Waals surface area contributed by atoms with E-state index in [-0.39, 0.29) is 12.0 Å². The smallest absolute Gasteiger partial charge is 0.276 e. The Balaban J connectivity index is 1.76. The van der Waals surface area contributed by atoms with Crippen molar-refractivity contribution in [2.45, 2.75) is 58.8 Å². The van der Waals surface area contributed by atoms with Crippen LogP contribution in [0.15, 0.2) is 48.5 Å². The van der Waals surface area contributed by atoms with Crippen molar-refractivity contribution in [2.24, 2.45) is 0 Å². The monoisotopic (exact) mass is 426 g/mol. The van der Waals surface area contributed by atoms with E-state index in [9.17, 15) is 9.59 Å². The van der Waals surface area contributed by atoms with Gasteiger partial charge in [0.05, 0.1) is 6.61 Å². The number of hydrazine groups is 1. The molecule has 0 heterocycles. The SMILES string of the molecule is CCCCCCOc1ccc(C(=O)NNC(=O)COc2ccccc2C(C)(C)C)cc1. The minimum Gasteiger partial charge on any atom is -0.494 e. The van der Waals surface area contributed by atoms with Crippen LogP contribution >= 0.6 is 0 Å². The van der Waals surface area contributed by atoms with Crippen LogP contribution in [-0.2, 0) is 10.2 Å². The fourth-order valence-corrected chi connectivity index (χ4v) is 3.01. The van der Waals surface area contributed by atoms with E-state index in [1.54, 1.807) is 24.3 Å². The summed E-state index contributed by atoms with van der Waals surface area (Å²) in [4.78, 5) is 24.3. The van der Waals surface area contributed by atoms with Gasteiger partial charge in [-0.05, 0) is 47.7 Å². The summed E-state index contributed by atoms with van der Waals surface area (Å²) in [6.45, 7) is 8.89. The minimum atomic E-state index is -0.441. The molecular weight excluding hydrogens is 392 g/mol. The number of nitrogens with one attached hydrogen (secondary N) is 2. The zero-order valence-corrected chi connectivity index (χ0v) is 19.0. The van der Waals surface area contributed by atoms with Gasteiger partial charge in [-0.3, -0.25) is 20.4 Å². The van der Waals surface area contributed by atoms with E-state index >= 15 is 0 Å². The summed E-state index contributed by atoms with van der Waals surface area (Å²) in [6.07, 6.45) is 4.58. The lowest BCUT2D eigenvalue weighted by molar-refractivity contribution is -0.123. The normalized spacial score (nSPS) is 11.0. The van der Waals surface area contributed by atoms with Crippen LogP contribution in [0.4, 0.5) is 0 Å². The molecule has 0 spiro atoms. The van der Waals surface area contributed by atoms with Crippen LogP contribution in [0.1, 0.15) is 69.3 Å². The van der Waals surface area contributed by atoms with Crippen molar-refractivity contribution in [1.29, 1.82) is 0 Å². The number of benzene rings is 2. The van der Waals surface area contributed by atoms with Crippen molar-refractivity contribution >= 4 is 11.8 Å². The third kappa shape index (κ3) is 8.32. The molecule has 6 heteroatoms. The van der Waals surface area contributed by atoms with Crippen LogP contribution in [0.25, 0.3) is 0 Å². The van der Waals surface area contributed by atoms with Crippen molar-refractivity contribution in [3.8, 4) is 11.5 Å². The number of carbonyl (C=O) groups is 2. The lowest BCUT2D eigenvalue weighted by Crippen LogP contribution is -2.43. The summed E-state index contributed by atoms with van der Waals surface area (Å²) in [6, 6.07) is 14.5. The Morgan fingerprint density at radius 3 is 2.26 bits per heavy atom. The number of rotatable bonds is 10. The molecule has 0 fully saturated rings. The van der Waals surface area contributed by atoms with Gasteiger partial charge in [0.2, 0.25) is 0 Å². The molecule has 0 aromatic heterocycles. The molecule has 2 amide bonds. The molecule has 2 rings (SSSR count). The Bertz CT molecular complexity index is 841. The van der Waals surface area contributed by atoms with Gasteiger partial charge in [-0.25, -0.2) is 0 Å². The molecule has 0 radical (unpaired) electrons. The van der Waals surface area contributed by atoms with E-state index in [0.29, 0.717) is 17.9 Å². The predicted molar refractivity (Wildman–Crippen MR) is 122 cm³/mol. The lowest BCUT2D eigenvalue weighted by atomic mass is 9.86. The largest absolute Gasteiger partial charge is 0.494 e. The number of amides is 2. The number of ether oxygens (including phenoxy) is 2. The second-order valence-corrected chi connectivity index (χ2v) is 8.47. The van der Waals surface area contributed by atoms with Gasteiger partial charge < -0.3 is 9.47 Å². The number of para-hydroxylation sites is 1. The van der Waals surface area contributed by atoms with Gasteiger partial charge in [-0.2, -0.15) is 0 Å². The average Bonchev–Trinajstić information content (AvgIpc) is 2.76. The summed E-state index contributed by atoms with van der Waals surface area (Å²) in [7, 11) is 0. The van der Waals surface area contributed by atoms with Gasteiger partial charge in [0.25, 0.3) is 11.8 Å². The standard InChI is InChI=1S/C25H34N2O4/c1-5-6-7-10-17-30-20-15-13-19(14-16-20)24(29)27-26-23(28)18-31-22-12-9-8-11-21(22)25(2,3)4/h8-9,11-16H,5-7,10,17-18H2,1-4H3,(H,26,28)(H,27,29). The van der Waals surface area contributed by atoms with E-state index in [0.717, 1.165) is 24.2 Å². The van der Waals surface area contributed by atoms with Crippen molar-refractivity contribution < 1.29 is 19.1 Å². The molecule has 6 nitrogen and oxygen atoms in total. The maximum Gasteiger partial charge on any atom is 0.276 e. The Morgan fingerprint density at radius 2 is 1.58 bits per heavy atom. The van der Waals surface area contributed by atoms with Crippen LogP contribution in [0, 0.1) is 0 Å². The first-order valence-electron chi connectivity index (χ1n) is 10.9. The lowest BCUT2D eigenvalue weighted by Gasteiger charge is -2.22. The maximum atomic E-state index is 12.2. The third-order valence-electron chi connectivity index (χ3n) is 4.75. The first kappa shape index (κ1) is 24.3. The molecule has 2 aromatic carbocycles.